The highest BCUT2D eigenvalue weighted by Crippen LogP contribution is 2.41. The predicted octanol–water partition coefficient (Wildman–Crippen LogP) is 4.32. The number of carbonyl (C=O) groups is 2. The molecule has 0 N–H and O–H groups in total. The van der Waals surface area contributed by atoms with Gasteiger partial charge in [-0.15, -0.1) is 0 Å². The molecule has 0 aliphatic heterocycles. The largest absolute Gasteiger partial charge is 0.422 e. The lowest BCUT2D eigenvalue weighted by Gasteiger charge is -2.30. The van der Waals surface area contributed by atoms with Gasteiger partial charge >= 0.3 is 5.97 Å². The highest BCUT2D eigenvalue weighted by atomic mass is 16.5. The second kappa shape index (κ2) is 6.02. The molecule has 4 rings (SSSR count). The van der Waals surface area contributed by atoms with Gasteiger partial charge < -0.3 is 4.74 Å². The van der Waals surface area contributed by atoms with E-state index in [0.717, 1.165) is 23.1 Å². The van der Waals surface area contributed by atoms with Crippen molar-refractivity contribution < 1.29 is 14.3 Å². The van der Waals surface area contributed by atoms with Gasteiger partial charge in [0, 0.05) is 23.1 Å². The van der Waals surface area contributed by atoms with Crippen molar-refractivity contribution in [1.29, 1.82) is 0 Å². The summed E-state index contributed by atoms with van der Waals surface area (Å²) in [5.74, 6) is -0.102. The van der Waals surface area contributed by atoms with Crippen LogP contribution in [0, 0.1) is 5.92 Å². The van der Waals surface area contributed by atoms with E-state index in [2.05, 4.69) is 12.7 Å². The number of hydrogen-bond acceptors (Lipinski definition) is 3. The maximum absolute atomic E-state index is 12.5. The first-order valence-corrected chi connectivity index (χ1v) is 8.18. The summed E-state index contributed by atoms with van der Waals surface area (Å²) in [7, 11) is 0. The molecule has 0 radical (unpaired) electrons. The van der Waals surface area contributed by atoms with Gasteiger partial charge in [-0.25, -0.2) is 4.79 Å². The number of hydrogen-bond donors (Lipinski definition) is 0. The average molecular weight is 328 g/mol. The summed E-state index contributed by atoms with van der Waals surface area (Å²) in [4.78, 5) is 24.9. The average Bonchev–Trinajstić information content (AvgIpc) is 2.65. The molecule has 0 amide bonds. The minimum absolute atomic E-state index is 0.117. The van der Waals surface area contributed by atoms with Crippen molar-refractivity contribution in [2.24, 2.45) is 5.92 Å². The quantitative estimate of drug-likeness (QED) is 0.776. The predicted molar refractivity (Wildman–Crippen MR) is 96.5 cm³/mol. The molecule has 1 aromatic carbocycles. The van der Waals surface area contributed by atoms with Crippen LogP contribution >= 0.6 is 0 Å². The summed E-state index contributed by atoms with van der Waals surface area (Å²) in [6.07, 6.45) is 13.8. The van der Waals surface area contributed by atoms with Crippen molar-refractivity contribution in [1.82, 2.24) is 0 Å². The molecule has 1 atom stereocenters. The van der Waals surface area contributed by atoms with Gasteiger partial charge in [-0.05, 0) is 29.7 Å². The highest BCUT2D eigenvalue weighted by Gasteiger charge is 2.33. The van der Waals surface area contributed by atoms with Crippen LogP contribution in [0.1, 0.15) is 22.3 Å². The van der Waals surface area contributed by atoms with Crippen molar-refractivity contribution >= 4 is 17.8 Å². The SMILES string of the molecule is C=Cc1ccc(C(=O)OC2=CC(=O)C3=C4C2=CC=CC4CC=C3)cc1. The Labute approximate surface area is 146 Å². The van der Waals surface area contributed by atoms with E-state index < -0.39 is 5.97 Å². The number of ether oxygens (including phenoxy) is 1. The van der Waals surface area contributed by atoms with Crippen molar-refractivity contribution in [3.63, 3.8) is 0 Å². The molecule has 1 unspecified atom stereocenters. The Hall–Kier alpha value is -3.20. The minimum atomic E-state index is -0.475. The third-order valence-electron chi connectivity index (χ3n) is 4.61. The van der Waals surface area contributed by atoms with Crippen LogP contribution in [0.4, 0.5) is 0 Å². The van der Waals surface area contributed by atoms with Crippen LogP contribution in [-0.2, 0) is 9.53 Å². The highest BCUT2D eigenvalue weighted by molar-refractivity contribution is 6.10. The molecule has 0 heterocycles. The molecular formula is C22H16O3. The van der Waals surface area contributed by atoms with E-state index in [0.29, 0.717) is 16.9 Å². The minimum Gasteiger partial charge on any atom is -0.422 e. The van der Waals surface area contributed by atoms with E-state index in [1.807, 2.05) is 24.3 Å². The molecule has 1 aromatic rings. The number of allylic oxidation sites excluding steroid dienone is 8. The Morgan fingerprint density at radius 2 is 2.04 bits per heavy atom. The molecule has 3 aliphatic rings. The van der Waals surface area contributed by atoms with E-state index in [-0.39, 0.29) is 11.7 Å². The van der Waals surface area contributed by atoms with Crippen LogP contribution in [0.15, 0.2) is 89.8 Å². The summed E-state index contributed by atoms with van der Waals surface area (Å²) < 4.78 is 5.57. The number of ketones is 1. The molecule has 0 bridgehead atoms. The first-order valence-electron chi connectivity index (χ1n) is 8.18. The van der Waals surface area contributed by atoms with Crippen LogP contribution in [0.3, 0.4) is 0 Å². The molecule has 3 aliphatic carbocycles. The molecular weight excluding hydrogens is 312 g/mol. The Bertz CT molecular complexity index is 934. The van der Waals surface area contributed by atoms with Crippen LogP contribution in [-0.4, -0.2) is 11.8 Å². The topological polar surface area (TPSA) is 43.4 Å². The smallest absolute Gasteiger partial charge is 0.343 e. The van der Waals surface area contributed by atoms with Crippen molar-refractivity contribution in [3.05, 3.63) is 101 Å². The van der Waals surface area contributed by atoms with E-state index in [1.54, 1.807) is 30.3 Å². The fraction of sp³-hybridized carbons (Fsp3) is 0.0909. The van der Waals surface area contributed by atoms with E-state index >= 15 is 0 Å². The van der Waals surface area contributed by atoms with Crippen LogP contribution in [0.2, 0.25) is 0 Å². The second-order valence-corrected chi connectivity index (χ2v) is 6.13. The summed E-state index contributed by atoms with van der Waals surface area (Å²) in [6.45, 7) is 3.69. The number of carbonyl (C=O) groups excluding carboxylic acids is 2. The molecule has 0 spiro atoms. The molecule has 0 aromatic heterocycles. The third-order valence-corrected chi connectivity index (χ3v) is 4.61. The summed E-state index contributed by atoms with van der Waals surface area (Å²) in [5.41, 5.74) is 3.84. The maximum atomic E-state index is 12.5. The Morgan fingerprint density at radius 3 is 2.80 bits per heavy atom. The molecule has 0 saturated carbocycles. The van der Waals surface area contributed by atoms with E-state index in [4.69, 9.17) is 4.74 Å². The van der Waals surface area contributed by atoms with Gasteiger partial charge in [-0.3, -0.25) is 4.79 Å². The fourth-order valence-electron chi connectivity index (χ4n) is 3.34. The lowest BCUT2D eigenvalue weighted by Crippen LogP contribution is -2.22. The zero-order chi connectivity index (χ0) is 17.4. The number of rotatable bonds is 3. The molecule has 0 fully saturated rings. The van der Waals surface area contributed by atoms with Gasteiger partial charge in [0.05, 0.1) is 5.56 Å². The van der Waals surface area contributed by atoms with Gasteiger partial charge in [0.2, 0.25) is 0 Å². The van der Waals surface area contributed by atoms with Gasteiger partial charge in [0.25, 0.3) is 0 Å². The second-order valence-electron chi connectivity index (χ2n) is 6.13. The lowest BCUT2D eigenvalue weighted by molar-refractivity contribution is -0.111. The summed E-state index contributed by atoms with van der Waals surface area (Å²) in [5, 5.41) is 0. The van der Waals surface area contributed by atoms with Gasteiger partial charge in [0.1, 0.15) is 5.76 Å². The van der Waals surface area contributed by atoms with Crippen molar-refractivity contribution in [3.8, 4) is 0 Å². The first kappa shape index (κ1) is 15.3. The standard InChI is InChI=1S/C22H16O3/c1-2-14-9-11-16(12-10-14)22(24)25-20-13-19(23)17-7-3-5-15-6-4-8-18(20)21(15)17/h2-4,6-13,15H,1,5H2. The molecule has 122 valence electrons. The third kappa shape index (κ3) is 2.64. The Balaban J connectivity index is 1.64. The monoisotopic (exact) mass is 328 g/mol. The zero-order valence-electron chi connectivity index (χ0n) is 13.6. The van der Waals surface area contributed by atoms with Crippen molar-refractivity contribution in [2.75, 3.05) is 0 Å². The van der Waals surface area contributed by atoms with E-state index in [9.17, 15) is 9.59 Å². The van der Waals surface area contributed by atoms with E-state index in [1.165, 1.54) is 6.08 Å². The Morgan fingerprint density at radius 1 is 1.24 bits per heavy atom. The van der Waals surface area contributed by atoms with Crippen LogP contribution < -0.4 is 0 Å². The summed E-state index contributed by atoms with van der Waals surface area (Å²) in [6, 6.07) is 6.98. The molecule has 25 heavy (non-hydrogen) atoms. The van der Waals surface area contributed by atoms with Crippen molar-refractivity contribution in [2.45, 2.75) is 6.42 Å². The van der Waals surface area contributed by atoms with Gasteiger partial charge in [0.15, 0.2) is 5.78 Å². The first-order chi connectivity index (χ1) is 12.2. The molecule has 3 heteroatoms. The number of esters is 1. The summed E-state index contributed by atoms with van der Waals surface area (Å²) >= 11 is 0. The molecule has 3 nitrogen and oxygen atoms in total. The molecule has 0 saturated heterocycles. The maximum Gasteiger partial charge on any atom is 0.343 e. The Kier molecular flexibility index (Phi) is 3.69. The zero-order valence-corrected chi connectivity index (χ0v) is 13.6. The van der Waals surface area contributed by atoms with Gasteiger partial charge in [-0.2, -0.15) is 0 Å². The van der Waals surface area contributed by atoms with Crippen LogP contribution in [0.5, 0.6) is 0 Å². The number of benzene rings is 1. The van der Waals surface area contributed by atoms with Gasteiger partial charge in [-0.1, -0.05) is 55.2 Å². The van der Waals surface area contributed by atoms with Crippen LogP contribution in [0.25, 0.3) is 6.08 Å². The fourth-order valence-corrected chi connectivity index (χ4v) is 3.34. The lowest BCUT2D eigenvalue weighted by atomic mass is 9.75. The normalized spacial score (nSPS) is 20.6.